The minimum atomic E-state index is -0.173. The Morgan fingerprint density at radius 2 is 1.36 bits per heavy atom. The third-order valence-corrected chi connectivity index (χ3v) is 4.58. The van der Waals surface area contributed by atoms with Crippen LogP contribution in [0.1, 0.15) is 57.5 Å². The molecule has 0 radical (unpaired) electrons. The van der Waals surface area contributed by atoms with Crippen LogP contribution in [0.5, 0.6) is 0 Å². The van der Waals surface area contributed by atoms with E-state index < -0.39 is 0 Å². The Kier molecular flexibility index (Phi) is 5.17. The van der Waals surface area contributed by atoms with Gasteiger partial charge in [-0.2, -0.15) is 0 Å². The number of hydrogen-bond acceptors (Lipinski definition) is 2. The molecule has 4 heteroatoms. The Morgan fingerprint density at radius 1 is 0.840 bits per heavy atom. The number of nitrogens with one attached hydrogen (secondary N) is 2. The van der Waals surface area contributed by atoms with Gasteiger partial charge in [0.2, 0.25) is 0 Å². The number of hydrogen-bond donors (Lipinski definition) is 2. The van der Waals surface area contributed by atoms with Crippen molar-refractivity contribution >= 4 is 17.5 Å². The van der Waals surface area contributed by atoms with Gasteiger partial charge in [-0.15, -0.1) is 0 Å². The van der Waals surface area contributed by atoms with Crippen LogP contribution in [0.25, 0.3) is 0 Å². The van der Waals surface area contributed by atoms with Gasteiger partial charge in [0.25, 0.3) is 11.8 Å². The maximum absolute atomic E-state index is 12.4. The number of anilines is 1. The summed E-state index contributed by atoms with van der Waals surface area (Å²) in [6.45, 7) is 4.00. The van der Waals surface area contributed by atoms with Gasteiger partial charge in [0.15, 0.2) is 0 Å². The van der Waals surface area contributed by atoms with E-state index >= 15 is 0 Å². The van der Waals surface area contributed by atoms with Crippen molar-refractivity contribution in [3.05, 3.63) is 64.7 Å². The summed E-state index contributed by atoms with van der Waals surface area (Å²) in [4.78, 5) is 24.6. The van der Waals surface area contributed by atoms with Crippen LogP contribution in [0, 0.1) is 13.8 Å². The molecule has 0 heterocycles. The Balaban J connectivity index is 1.64. The highest BCUT2D eigenvalue weighted by atomic mass is 16.2. The van der Waals surface area contributed by atoms with Crippen molar-refractivity contribution in [3.63, 3.8) is 0 Å². The second-order valence-corrected chi connectivity index (χ2v) is 6.86. The highest BCUT2D eigenvalue weighted by Crippen LogP contribution is 2.18. The van der Waals surface area contributed by atoms with Gasteiger partial charge in [0.1, 0.15) is 0 Å². The average Bonchev–Trinajstić information content (AvgIpc) is 3.07. The van der Waals surface area contributed by atoms with Crippen molar-refractivity contribution in [1.29, 1.82) is 0 Å². The van der Waals surface area contributed by atoms with Crippen molar-refractivity contribution in [3.8, 4) is 0 Å². The molecule has 2 N–H and O–H groups in total. The third-order valence-electron chi connectivity index (χ3n) is 4.58. The fourth-order valence-corrected chi connectivity index (χ4v) is 3.36. The summed E-state index contributed by atoms with van der Waals surface area (Å²) in [5.41, 5.74) is 4.13. The molecule has 2 amide bonds. The zero-order valence-electron chi connectivity index (χ0n) is 14.8. The first-order chi connectivity index (χ1) is 12.0. The van der Waals surface area contributed by atoms with Crippen LogP contribution in [0.15, 0.2) is 42.5 Å². The topological polar surface area (TPSA) is 58.2 Å². The van der Waals surface area contributed by atoms with Crippen LogP contribution in [-0.4, -0.2) is 17.9 Å². The molecule has 1 fully saturated rings. The lowest BCUT2D eigenvalue weighted by atomic mass is 10.1. The maximum Gasteiger partial charge on any atom is 0.255 e. The predicted octanol–water partition coefficient (Wildman–Crippen LogP) is 4.23. The molecule has 130 valence electrons. The Hall–Kier alpha value is -2.62. The fraction of sp³-hybridized carbons (Fsp3) is 0.333. The fourth-order valence-electron chi connectivity index (χ4n) is 3.36. The highest BCUT2D eigenvalue weighted by Gasteiger charge is 2.18. The molecule has 1 aliphatic rings. The Bertz CT molecular complexity index is 755. The average molecular weight is 336 g/mol. The summed E-state index contributed by atoms with van der Waals surface area (Å²) in [6, 6.07) is 13.0. The molecule has 1 aliphatic carbocycles. The van der Waals surface area contributed by atoms with E-state index in [4.69, 9.17) is 0 Å². The van der Waals surface area contributed by atoms with Gasteiger partial charge < -0.3 is 10.6 Å². The van der Waals surface area contributed by atoms with Crippen LogP contribution in [-0.2, 0) is 0 Å². The maximum atomic E-state index is 12.4. The molecule has 4 nitrogen and oxygen atoms in total. The molecule has 0 atom stereocenters. The number of carbonyl (C=O) groups excluding carboxylic acids is 2. The van der Waals surface area contributed by atoms with Gasteiger partial charge in [-0.05, 0) is 74.2 Å². The molecule has 0 aromatic heterocycles. The van der Waals surface area contributed by atoms with Crippen LogP contribution >= 0.6 is 0 Å². The van der Waals surface area contributed by atoms with Crippen molar-refractivity contribution in [1.82, 2.24) is 5.32 Å². The molecule has 25 heavy (non-hydrogen) atoms. The lowest BCUT2D eigenvalue weighted by molar-refractivity contribution is 0.0936. The van der Waals surface area contributed by atoms with Crippen LogP contribution in [0.4, 0.5) is 5.69 Å². The number of benzene rings is 2. The van der Waals surface area contributed by atoms with Crippen molar-refractivity contribution in [2.24, 2.45) is 0 Å². The first-order valence-electron chi connectivity index (χ1n) is 8.82. The molecular weight excluding hydrogens is 312 g/mol. The minimum Gasteiger partial charge on any atom is -0.349 e. The first kappa shape index (κ1) is 17.2. The van der Waals surface area contributed by atoms with E-state index in [-0.39, 0.29) is 11.8 Å². The van der Waals surface area contributed by atoms with Gasteiger partial charge in [-0.3, -0.25) is 9.59 Å². The van der Waals surface area contributed by atoms with Crippen molar-refractivity contribution < 1.29 is 9.59 Å². The molecule has 0 unspecified atom stereocenters. The molecule has 0 aliphatic heterocycles. The van der Waals surface area contributed by atoms with Crippen molar-refractivity contribution in [2.45, 2.75) is 45.6 Å². The number of rotatable bonds is 4. The first-order valence-corrected chi connectivity index (χ1v) is 8.82. The predicted molar refractivity (Wildman–Crippen MR) is 100 cm³/mol. The number of aryl methyl sites for hydroxylation is 2. The summed E-state index contributed by atoms with van der Waals surface area (Å²) in [5, 5.41) is 5.96. The van der Waals surface area contributed by atoms with E-state index in [1.807, 2.05) is 26.0 Å². The SMILES string of the molecule is Cc1cc(C)cc(NC(=O)c2ccc(C(=O)NC3CCCC3)cc2)c1. The molecule has 1 saturated carbocycles. The summed E-state index contributed by atoms with van der Waals surface area (Å²) >= 11 is 0. The second-order valence-electron chi connectivity index (χ2n) is 6.86. The zero-order valence-corrected chi connectivity index (χ0v) is 14.8. The molecule has 3 rings (SSSR count). The largest absolute Gasteiger partial charge is 0.349 e. The smallest absolute Gasteiger partial charge is 0.255 e. The third kappa shape index (κ3) is 4.47. The van der Waals surface area contributed by atoms with Gasteiger partial charge in [-0.1, -0.05) is 18.9 Å². The summed E-state index contributed by atoms with van der Waals surface area (Å²) in [5.74, 6) is -0.235. The summed E-state index contributed by atoms with van der Waals surface area (Å²) < 4.78 is 0. The van der Waals surface area contributed by atoms with E-state index in [1.54, 1.807) is 24.3 Å². The van der Waals surface area contributed by atoms with Crippen molar-refractivity contribution in [2.75, 3.05) is 5.32 Å². The van der Waals surface area contributed by atoms with Crippen LogP contribution in [0.3, 0.4) is 0 Å². The quantitative estimate of drug-likeness (QED) is 0.878. The summed E-state index contributed by atoms with van der Waals surface area (Å²) in [6.07, 6.45) is 4.48. The minimum absolute atomic E-state index is 0.0619. The monoisotopic (exact) mass is 336 g/mol. The number of carbonyl (C=O) groups is 2. The van der Waals surface area contributed by atoms with Gasteiger partial charge in [-0.25, -0.2) is 0 Å². The summed E-state index contributed by atoms with van der Waals surface area (Å²) in [7, 11) is 0. The molecule has 2 aromatic carbocycles. The van der Waals surface area contributed by atoms with Gasteiger partial charge in [0.05, 0.1) is 0 Å². The highest BCUT2D eigenvalue weighted by molar-refractivity contribution is 6.05. The van der Waals surface area contributed by atoms with Crippen LogP contribution in [0.2, 0.25) is 0 Å². The Labute approximate surface area is 148 Å². The van der Waals surface area contributed by atoms with E-state index in [0.29, 0.717) is 17.2 Å². The lowest BCUT2D eigenvalue weighted by Gasteiger charge is -2.12. The zero-order chi connectivity index (χ0) is 17.8. The van der Waals surface area contributed by atoms with E-state index in [9.17, 15) is 9.59 Å². The van der Waals surface area contributed by atoms with Gasteiger partial charge >= 0.3 is 0 Å². The number of amides is 2. The van der Waals surface area contributed by atoms with E-state index in [2.05, 4.69) is 16.7 Å². The van der Waals surface area contributed by atoms with E-state index in [1.165, 1.54) is 12.8 Å². The molecular formula is C21H24N2O2. The second kappa shape index (κ2) is 7.51. The Morgan fingerprint density at radius 3 is 1.92 bits per heavy atom. The normalized spacial score (nSPS) is 14.3. The van der Waals surface area contributed by atoms with E-state index in [0.717, 1.165) is 29.7 Å². The molecule has 0 spiro atoms. The lowest BCUT2D eigenvalue weighted by Crippen LogP contribution is -2.32. The standard InChI is InChI=1S/C21H24N2O2/c1-14-11-15(2)13-19(12-14)23-21(25)17-9-7-16(8-10-17)20(24)22-18-5-3-4-6-18/h7-13,18H,3-6H2,1-2H3,(H,22,24)(H,23,25). The molecule has 0 bridgehead atoms. The molecule has 0 saturated heterocycles. The van der Waals surface area contributed by atoms with Crippen LogP contribution < -0.4 is 10.6 Å². The van der Waals surface area contributed by atoms with Gasteiger partial charge in [0, 0.05) is 22.9 Å². The molecule has 2 aromatic rings.